The maximum atomic E-state index is 12.9. The number of aromatic nitrogens is 5. The lowest BCUT2D eigenvalue weighted by atomic mass is 10.2. The van der Waals surface area contributed by atoms with Gasteiger partial charge in [0.05, 0.1) is 24.4 Å². The van der Waals surface area contributed by atoms with Crippen molar-refractivity contribution in [2.45, 2.75) is 33.4 Å². The molecule has 8 heteroatoms. The van der Waals surface area contributed by atoms with Crippen LogP contribution in [0.2, 0.25) is 0 Å². The van der Waals surface area contributed by atoms with Gasteiger partial charge in [0, 0.05) is 32.5 Å². The van der Waals surface area contributed by atoms with Crippen LogP contribution in [0.25, 0.3) is 11.2 Å². The third-order valence-corrected chi connectivity index (χ3v) is 4.21. The van der Waals surface area contributed by atoms with Gasteiger partial charge < -0.3 is 4.74 Å². The van der Waals surface area contributed by atoms with E-state index in [4.69, 9.17) is 4.74 Å². The monoisotopic (exact) mass is 357 g/mol. The molecule has 3 rings (SSSR count). The van der Waals surface area contributed by atoms with Crippen molar-refractivity contribution in [3.05, 3.63) is 46.3 Å². The number of rotatable bonds is 6. The van der Waals surface area contributed by atoms with Crippen LogP contribution in [0.15, 0.2) is 29.5 Å². The Balaban J connectivity index is 2.07. The van der Waals surface area contributed by atoms with Crippen LogP contribution in [0, 0.1) is 5.92 Å². The molecule has 138 valence electrons. The number of pyridine rings is 1. The molecule has 8 nitrogen and oxygen atoms in total. The molecule has 0 atom stereocenters. The molecule has 0 radical (unpaired) electrons. The molecule has 0 spiro atoms. The van der Waals surface area contributed by atoms with Crippen molar-refractivity contribution in [1.29, 1.82) is 0 Å². The minimum atomic E-state index is -0.470. The van der Waals surface area contributed by atoms with Crippen molar-refractivity contribution in [2.24, 2.45) is 13.0 Å². The van der Waals surface area contributed by atoms with E-state index >= 15 is 0 Å². The summed E-state index contributed by atoms with van der Waals surface area (Å²) in [4.78, 5) is 29.2. The van der Waals surface area contributed by atoms with Crippen LogP contribution in [-0.4, -0.2) is 37.0 Å². The predicted octanol–water partition coefficient (Wildman–Crippen LogP) is 1.62. The van der Waals surface area contributed by atoms with E-state index in [9.17, 15) is 9.59 Å². The fraction of sp³-hybridized carbons (Fsp3) is 0.444. The summed E-state index contributed by atoms with van der Waals surface area (Å²) in [6.07, 6.45) is 5.83. The summed E-state index contributed by atoms with van der Waals surface area (Å²) in [6.45, 7) is 5.15. The zero-order valence-corrected chi connectivity index (χ0v) is 15.5. The molecule has 0 N–H and O–H groups in total. The number of hydrogen-bond donors (Lipinski definition) is 0. The largest absolute Gasteiger partial charge is 0.465 e. The Morgan fingerprint density at radius 2 is 2.04 bits per heavy atom. The minimum absolute atomic E-state index is 0.118. The fourth-order valence-electron chi connectivity index (χ4n) is 3.01. The summed E-state index contributed by atoms with van der Waals surface area (Å²) in [5.41, 5.74) is 2.48. The number of nitrogens with zero attached hydrogens (tertiary/aromatic N) is 5. The molecule has 0 bridgehead atoms. The third kappa shape index (κ3) is 3.40. The Hall–Kier alpha value is -2.90. The number of carbonyl (C=O) groups is 1. The van der Waals surface area contributed by atoms with Crippen molar-refractivity contribution in [3.8, 4) is 0 Å². The van der Waals surface area contributed by atoms with Gasteiger partial charge in [-0.05, 0) is 24.0 Å². The summed E-state index contributed by atoms with van der Waals surface area (Å²) in [5, 5.41) is 4.16. The number of fused-ring (bicyclic) bond motifs is 1. The zero-order chi connectivity index (χ0) is 18.8. The Morgan fingerprint density at radius 1 is 1.27 bits per heavy atom. The first-order valence-corrected chi connectivity index (χ1v) is 8.55. The molecule has 0 aromatic carbocycles. The lowest BCUT2D eigenvalue weighted by Crippen LogP contribution is -2.26. The first kappa shape index (κ1) is 17.9. The summed E-state index contributed by atoms with van der Waals surface area (Å²) in [7, 11) is 3.18. The second-order valence-corrected chi connectivity index (χ2v) is 6.77. The zero-order valence-electron chi connectivity index (χ0n) is 15.5. The normalized spacial score (nSPS) is 11.4. The molecular weight excluding hydrogens is 334 g/mol. The second-order valence-electron chi connectivity index (χ2n) is 6.77. The molecule has 0 unspecified atom stereocenters. The van der Waals surface area contributed by atoms with Gasteiger partial charge in [0.15, 0.2) is 5.65 Å². The van der Waals surface area contributed by atoms with Crippen LogP contribution in [-0.2, 0) is 31.3 Å². The van der Waals surface area contributed by atoms with Crippen molar-refractivity contribution in [3.63, 3.8) is 0 Å². The lowest BCUT2D eigenvalue weighted by molar-refractivity contribution is 0.0600. The van der Waals surface area contributed by atoms with Gasteiger partial charge >= 0.3 is 11.7 Å². The van der Waals surface area contributed by atoms with Crippen LogP contribution in [0.1, 0.15) is 29.8 Å². The third-order valence-electron chi connectivity index (χ3n) is 4.21. The topological polar surface area (TPSA) is 83.9 Å². The van der Waals surface area contributed by atoms with E-state index in [1.54, 1.807) is 26.1 Å². The van der Waals surface area contributed by atoms with Gasteiger partial charge in [-0.15, -0.1) is 0 Å². The highest BCUT2D eigenvalue weighted by atomic mass is 16.5. The van der Waals surface area contributed by atoms with Gasteiger partial charge in [-0.2, -0.15) is 5.10 Å². The van der Waals surface area contributed by atoms with Crippen LogP contribution in [0.5, 0.6) is 0 Å². The molecule has 0 saturated heterocycles. The van der Waals surface area contributed by atoms with Gasteiger partial charge in [0.2, 0.25) is 0 Å². The van der Waals surface area contributed by atoms with E-state index in [0.717, 1.165) is 5.56 Å². The molecule has 0 saturated carbocycles. The summed E-state index contributed by atoms with van der Waals surface area (Å²) in [6, 6.07) is 1.68. The van der Waals surface area contributed by atoms with E-state index < -0.39 is 5.97 Å². The van der Waals surface area contributed by atoms with E-state index in [-0.39, 0.29) is 5.69 Å². The molecule has 0 aliphatic rings. The van der Waals surface area contributed by atoms with Crippen LogP contribution >= 0.6 is 0 Å². The van der Waals surface area contributed by atoms with Crippen molar-refractivity contribution < 1.29 is 9.53 Å². The van der Waals surface area contributed by atoms with Gasteiger partial charge in [-0.25, -0.2) is 14.6 Å². The SMILES string of the molecule is COC(=O)c1cnc2c(c1)n(CCc1cnn(C)c1)c(=O)n2CC(C)C. The Kier molecular flexibility index (Phi) is 4.92. The van der Waals surface area contributed by atoms with Gasteiger partial charge in [-0.1, -0.05) is 13.8 Å². The number of aryl methyl sites for hydroxylation is 3. The first-order valence-electron chi connectivity index (χ1n) is 8.55. The number of imidazole rings is 1. The number of hydrogen-bond acceptors (Lipinski definition) is 5. The Morgan fingerprint density at radius 3 is 2.65 bits per heavy atom. The molecule has 3 heterocycles. The molecule has 0 fully saturated rings. The highest BCUT2D eigenvalue weighted by molar-refractivity contribution is 5.92. The van der Waals surface area contributed by atoms with Crippen molar-refractivity contribution in [2.75, 3.05) is 7.11 Å². The summed E-state index contributed by atoms with van der Waals surface area (Å²) >= 11 is 0. The number of ether oxygens (including phenoxy) is 1. The van der Waals surface area contributed by atoms with E-state index in [1.807, 2.05) is 27.1 Å². The lowest BCUT2D eigenvalue weighted by Gasteiger charge is -2.05. The maximum Gasteiger partial charge on any atom is 0.339 e. The molecule has 0 aliphatic carbocycles. The highest BCUT2D eigenvalue weighted by Gasteiger charge is 2.18. The van der Waals surface area contributed by atoms with Gasteiger partial charge in [0.1, 0.15) is 0 Å². The quantitative estimate of drug-likeness (QED) is 0.626. The Labute approximate surface area is 151 Å². The molecular formula is C18H23N5O3. The van der Waals surface area contributed by atoms with Crippen LogP contribution in [0.4, 0.5) is 0 Å². The first-order chi connectivity index (χ1) is 12.4. The molecule has 3 aromatic rings. The molecule has 0 aliphatic heterocycles. The summed E-state index contributed by atoms with van der Waals surface area (Å²) < 4.78 is 9.85. The molecule has 0 amide bonds. The van der Waals surface area contributed by atoms with Crippen molar-refractivity contribution in [1.82, 2.24) is 23.9 Å². The number of methoxy groups -OCH3 is 1. The van der Waals surface area contributed by atoms with E-state index in [2.05, 4.69) is 10.1 Å². The highest BCUT2D eigenvalue weighted by Crippen LogP contribution is 2.16. The van der Waals surface area contributed by atoms with Crippen LogP contribution < -0.4 is 5.69 Å². The van der Waals surface area contributed by atoms with Gasteiger partial charge in [0.25, 0.3) is 0 Å². The number of esters is 1. The van der Waals surface area contributed by atoms with Crippen molar-refractivity contribution >= 4 is 17.1 Å². The van der Waals surface area contributed by atoms with E-state index in [0.29, 0.717) is 42.2 Å². The molecule has 3 aromatic heterocycles. The second kappa shape index (κ2) is 7.15. The molecule has 26 heavy (non-hydrogen) atoms. The smallest absolute Gasteiger partial charge is 0.339 e. The predicted molar refractivity (Wildman–Crippen MR) is 97.1 cm³/mol. The van der Waals surface area contributed by atoms with Gasteiger partial charge in [-0.3, -0.25) is 13.8 Å². The standard InChI is InChI=1S/C18H23N5O3/c1-12(2)10-23-16-15(7-14(9-19-16)17(24)26-4)22(18(23)25)6-5-13-8-20-21(3)11-13/h7-9,11-12H,5-6,10H2,1-4H3. The number of carbonyl (C=O) groups excluding carboxylic acids is 1. The summed E-state index contributed by atoms with van der Waals surface area (Å²) in [5.74, 6) is -0.172. The Bertz CT molecular complexity index is 996. The van der Waals surface area contributed by atoms with E-state index in [1.165, 1.54) is 13.3 Å². The minimum Gasteiger partial charge on any atom is -0.465 e. The maximum absolute atomic E-state index is 12.9. The average molecular weight is 357 g/mol. The fourth-order valence-corrected chi connectivity index (χ4v) is 3.01. The van der Waals surface area contributed by atoms with Crippen LogP contribution in [0.3, 0.4) is 0 Å². The average Bonchev–Trinajstić information content (AvgIpc) is 3.13.